The van der Waals surface area contributed by atoms with Crippen molar-refractivity contribution >= 4 is 6.29 Å². The highest BCUT2D eigenvalue weighted by atomic mass is 16.1. The van der Waals surface area contributed by atoms with Gasteiger partial charge in [0.15, 0.2) is 5.82 Å². The van der Waals surface area contributed by atoms with Gasteiger partial charge in [0.2, 0.25) is 0 Å². The number of tetrazole rings is 1. The van der Waals surface area contributed by atoms with Crippen LogP contribution in [0.4, 0.5) is 0 Å². The minimum Gasteiger partial charge on any atom is -0.303 e. The van der Waals surface area contributed by atoms with Crippen LogP contribution < -0.4 is 0 Å². The standard InChI is InChI=1S/C11H19N5O/c1-2-5-16-11(12-13-14-16)8-15-6-3-10(9-17)4-7-15/h9-10H,2-8H2,1H3. The Hall–Kier alpha value is -1.30. The molecule has 1 fully saturated rings. The molecular formula is C11H19N5O. The molecule has 2 rings (SSSR count). The van der Waals surface area contributed by atoms with Crippen LogP contribution in [-0.2, 0) is 17.9 Å². The van der Waals surface area contributed by atoms with Gasteiger partial charge < -0.3 is 4.79 Å². The topological polar surface area (TPSA) is 63.9 Å². The van der Waals surface area contributed by atoms with E-state index in [1.165, 1.54) is 0 Å². The highest BCUT2D eigenvalue weighted by Gasteiger charge is 2.20. The molecule has 0 radical (unpaired) electrons. The van der Waals surface area contributed by atoms with E-state index in [0.29, 0.717) is 0 Å². The van der Waals surface area contributed by atoms with Gasteiger partial charge in [0.05, 0.1) is 6.54 Å². The first kappa shape index (κ1) is 12.2. The molecule has 1 aromatic heterocycles. The fourth-order valence-corrected chi connectivity index (χ4v) is 2.17. The van der Waals surface area contributed by atoms with Gasteiger partial charge in [-0.1, -0.05) is 6.92 Å². The van der Waals surface area contributed by atoms with Gasteiger partial charge in [-0.05, 0) is 42.8 Å². The van der Waals surface area contributed by atoms with Crippen LogP contribution >= 0.6 is 0 Å². The summed E-state index contributed by atoms with van der Waals surface area (Å²) in [6, 6.07) is 0. The maximum absolute atomic E-state index is 10.7. The molecule has 6 nitrogen and oxygen atoms in total. The molecular weight excluding hydrogens is 218 g/mol. The summed E-state index contributed by atoms with van der Waals surface area (Å²) in [6.45, 7) is 5.69. The number of aryl methyl sites for hydroxylation is 1. The molecule has 0 aromatic carbocycles. The lowest BCUT2D eigenvalue weighted by molar-refractivity contribution is -0.112. The molecule has 94 valence electrons. The highest BCUT2D eigenvalue weighted by molar-refractivity contribution is 5.53. The lowest BCUT2D eigenvalue weighted by atomic mass is 9.99. The van der Waals surface area contributed by atoms with E-state index in [4.69, 9.17) is 0 Å². The molecule has 1 saturated heterocycles. The summed E-state index contributed by atoms with van der Waals surface area (Å²) in [5, 5.41) is 11.8. The average Bonchev–Trinajstić information content (AvgIpc) is 2.78. The van der Waals surface area contributed by atoms with E-state index in [9.17, 15) is 4.79 Å². The maximum atomic E-state index is 10.7. The van der Waals surface area contributed by atoms with Crippen LogP contribution in [-0.4, -0.2) is 44.5 Å². The summed E-state index contributed by atoms with van der Waals surface area (Å²) in [7, 11) is 0. The average molecular weight is 237 g/mol. The third-order valence-corrected chi connectivity index (χ3v) is 3.23. The number of likely N-dealkylation sites (tertiary alicyclic amines) is 1. The van der Waals surface area contributed by atoms with Crippen molar-refractivity contribution in [3.05, 3.63) is 5.82 Å². The van der Waals surface area contributed by atoms with Gasteiger partial charge in [0.1, 0.15) is 6.29 Å². The first-order chi connectivity index (χ1) is 8.33. The largest absolute Gasteiger partial charge is 0.303 e. The van der Waals surface area contributed by atoms with Gasteiger partial charge in [-0.15, -0.1) is 5.10 Å². The van der Waals surface area contributed by atoms with Crippen molar-refractivity contribution in [1.29, 1.82) is 0 Å². The van der Waals surface area contributed by atoms with Crippen LogP contribution in [0.5, 0.6) is 0 Å². The number of aromatic nitrogens is 4. The summed E-state index contributed by atoms with van der Waals surface area (Å²) in [5.74, 6) is 1.18. The zero-order valence-electron chi connectivity index (χ0n) is 10.2. The monoisotopic (exact) mass is 237 g/mol. The Bertz CT molecular complexity index is 356. The molecule has 0 spiro atoms. The van der Waals surface area contributed by atoms with Gasteiger partial charge in [-0.2, -0.15) is 0 Å². The third kappa shape index (κ3) is 3.09. The number of rotatable bonds is 5. The lowest BCUT2D eigenvalue weighted by Gasteiger charge is -2.28. The number of piperidine rings is 1. The van der Waals surface area contributed by atoms with Gasteiger partial charge in [0.25, 0.3) is 0 Å². The second-order valence-electron chi connectivity index (χ2n) is 4.57. The van der Waals surface area contributed by atoms with E-state index in [1.807, 2.05) is 4.68 Å². The van der Waals surface area contributed by atoms with Crippen molar-refractivity contribution in [1.82, 2.24) is 25.1 Å². The van der Waals surface area contributed by atoms with E-state index in [0.717, 1.165) is 57.6 Å². The predicted molar refractivity (Wildman–Crippen MR) is 62.2 cm³/mol. The van der Waals surface area contributed by atoms with Crippen LogP contribution in [0.1, 0.15) is 32.0 Å². The summed E-state index contributed by atoms with van der Waals surface area (Å²) < 4.78 is 1.87. The normalized spacial score (nSPS) is 18.4. The predicted octanol–water partition coefficient (Wildman–Crippen LogP) is 0.494. The summed E-state index contributed by atoms with van der Waals surface area (Å²) in [4.78, 5) is 13.0. The molecule has 0 atom stereocenters. The summed E-state index contributed by atoms with van der Waals surface area (Å²) in [5.41, 5.74) is 0. The van der Waals surface area contributed by atoms with Crippen molar-refractivity contribution in [3.8, 4) is 0 Å². The second-order valence-corrected chi connectivity index (χ2v) is 4.57. The van der Waals surface area contributed by atoms with Gasteiger partial charge in [-0.25, -0.2) is 4.68 Å². The first-order valence-electron chi connectivity index (χ1n) is 6.26. The van der Waals surface area contributed by atoms with E-state index in [-0.39, 0.29) is 5.92 Å². The van der Waals surface area contributed by atoms with Crippen LogP contribution in [0.25, 0.3) is 0 Å². The molecule has 1 aromatic rings. The number of aldehydes is 1. The molecule has 0 saturated carbocycles. The van der Waals surface area contributed by atoms with Crippen molar-refractivity contribution in [3.63, 3.8) is 0 Å². The number of nitrogens with zero attached hydrogens (tertiary/aromatic N) is 5. The maximum Gasteiger partial charge on any atom is 0.165 e. The summed E-state index contributed by atoms with van der Waals surface area (Å²) in [6.07, 6.45) is 4.03. The molecule has 1 aliphatic heterocycles. The zero-order valence-corrected chi connectivity index (χ0v) is 10.2. The minimum absolute atomic E-state index is 0.248. The molecule has 6 heteroatoms. The Morgan fingerprint density at radius 3 is 2.82 bits per heavy atom. The van der Waals surface area contributed by atoms with E-state index in [2.05, 4.69) is 27.3 Å². The molecule has 2 heterocycles. The minimum atomic E-state index is 0.248. The fourth-order valence-electron chi connectivity index (χ4n) is 2.17. The zero-order chi connectivity index (χ0) is 12.1. The second kappa shape index (κ2) is 5.86. The molecule has 0 N–H and O–H groups in total. The Morgan fingerprint density at radius 2 is 2.18 bits per heavy atom. The molecule has 0 unspecified atom stereocenters. The van der Waals surface area contributed by atoms with Gasteiger partial charge >= 0.3 is 0 Å². The van der Waals surface area contributed by atoms with Crippen LogP contribution in [0.3, 0.4) is 0 Å². The van der Waals surface area contributed by atoms with E-state index in [1.54, 1.807) is 0 Å². The van der Waals surface area contributed by atoms with Crippen LogP contribution in [0.15, 0.2) is 0 Å². The third-order valence-electron chi connectivity index (χ3n) is 3.23. The molecule has 0 bridgehead atoms. The Kier molecular flexibility index (Phi) is 4.19. The Morgan fingerprint density at radius 1 is 1.41 bits per heavy atom. The molecule has 17 heavy (non-hydrogen) atoms. The smallest absolute Gasteiger partial charge is 0.165 e. The molecule has 0 aliphatic carbocycles. The van der Waals surface area contributed by atoms with Crippen molar-refractivity contribution in [2.24, 2.45) is 5.92 Å². The van der Waals surface area contributed by atoms with Gasteiger partial charge in [-0.3, -0.25) is 4.90 Å². The van der Waals surface area contributed by atoms with E-state index >= 15 is 0 Å². The SMILES string of the molecule is CCCn1nnnc1CN1CCC(C=O)CC1. The van der Waals surface area contributed by atoms with Crippen molar-refractivity contribution in [2.75, 3.05) is 13.1 Å². The van der Waals surface area contributed by atoms with Gasteiger partial charge in [0, 0.05) is 12.5 Å². The first-order valence-corrected chi connectivity index (χ1v) is 6.26. The fraction of sp³-hybridized carbons (Fsp3) is 0.818. The lowest BCUT2D eigenvalue weighted by Crippen LogP contribution is -2.34. The molecule has 0 amide bonds. The van der Waals surface area contributed by atoms with Crippen molar-refractivity contribution < 1.29 is 4.79 Å². The molecule has 1 aliphatic rings. The quantitative estimate of drug-likeness (QED) is 0.697. The number of carbonyl (C=O) groups excluding carboxylic acids is 1. The van der Waals surface area contributed by atoms with Crippen LogP contribution in [0, 0.1) is 5.92 Å². The Balaban J connectivity index is 1.88. The highest BCUT2D eigenvalue weighted by Crippen LogP contribution is 2.16. The summed E-state index contributed by atoms with van der Waals surface area (Å²) >= 11 is 0. The number of carbonyl (C=O) groups is 1. The number of hydrogen-bond acceptors (Lipinski definition) is 5. The van der Waals surface area contributed by atoms with Crippen LogP contribution in [0.2, 0.25) is 0 Å². The number of hydrogen-bond donors (Lipinski definition) is 0. The Labute approximate surface area is 101 Å². The van der Waals surface area contributed by atoms with E-state index < -0.39 is 0 Å². The van der Waals surface area contributed by atoms with Crippen molar-refractivity contribution in [2.45, 2.75) is 39.3 Å².